The van der Waals surface area contributed by atoms with Crippen molar-refractivity contribution in [3.05, 3.63) is 53.3 Å². The van der Waals surface area contributed by atoms with Gasteiger partial charge in [-0.3, -0.25) is 4.68 Å². The van der Waals surface area contributed by atoms with E-state index in [1.54, 1.807) is 11.1 Å². The molecular weight excluding hydrogens is 246 g/mol. The molecule has 3 rings (SSSR count). The summed E-state index contributed by atoms with van der Waals surface area (Å²) in [4.78, 5) is 0. The second kappa shape index (κ2) is 5.80. The van der Waals surface area contributed by atoms with Crippen molar-refractivity contribution in [2.45, 2.75) is 31.7 Å². The Morgan fingerprint density at radius 3 is 2.50 bits per heavy atom. The smallest absolute Gasteiger partial charge is 0.0492 e. The quantitative estimate of drug-likeness (QED) is 0.903. The number of hydrogen-bond acceptors (Lipinski definition) is 2. The highest BCUT2D eigenvalue weighted by molar-refractivity contribution is 5.32. The number of fused-ring (bicyclic) bond motifs is 1. The molecule has 1 aliphatic carbocycles. The topological polar surface area (TPSA) is 29.9 Å². The minimum absolute atomic E-state index is 0.581. The van der Waals surface area contributed by atoms with Crippen molar-refractivity contribution in [2.24, 2.45) is 13.0 Å². The van der Waals surface area contributed by atoms with Gasteiger partial charge in [0, 0.05) is 25.0 Å². The average Bonchev–Trinajstić information content (AvgIpc) is 3.06. The molecule has 0 saturated carbocycles. The molecule has 106 valence electrons. The van der Waals surface area contributed by atoms with Gasteiger partial charge in [-0.2, -0.15) is 5.10 Å². The molecule has 2 aromatic rings. The summed E-state index contributed by atoms with van der Waals surface area (Å²) in [5.41, 5.74) is 4.40. The first-order valence-corrected chi connectivity index (χ1v) is 7.49. The molecule has 1 aliphatic rings. The molecule has 0 radical (unpaired) electrons. The van der Waals surface area contributed by atoms with E-state index >= 15 is 0 Å². The Kier molecular flexibility index (Phi) is 3.88. The summed E-state index contributed by atoms with van der Waals surface area (Å²) in [6.07, 6.45) is 6.58. The summed E-state index contributed by atoms with van der Waals surface area (Å²) in [6, 6.07) is 11.6. The Labute approximate surface area is 121 Å². The summed E-state index contributed by atoms with van der Waals surface area (Å²) in [5.74, 6) is 0.727. The molecule has 0 fully saturated rings. The lowest BCUT2D eigenvalue weighted by molar-refractivity contribution is 0.363. The van der Waals surface area contributed by atoms with Crippen LogP contribution in [0.25, 0.3) is 0 Å². The van der Waals surface area contributed by atoms with Gasteiger partial charge in [-0.1, -0.05) is 24.3 Å². The largest absolute Gasteiger partial charge is 0.317 e. The van der Waals surface area contributed by atoms with E-state index in [4.69, 9.17) is 0 Å². The van der Waals surface area contributed by atoms with Gasteiger partial charge in [-0.25, -0.2) is 0 Å². The minimum atomic E-state index is 0.581. The van der Waals surface area contributed by atoms with Crippen molar-refractivity contribution in [2.75, 3.05) is 7.05 Å². The Bertz CT molecular complexity index is 548. The second-order valence-electron chi connectivity index (χ2n) is 5.82. The molecule has 1 aromatic carbocycles. The summed E-state index contributed by atoms with van der Waals surface area (Å²) in [6.45, 7) is 0. The van der Waals surface area contributed by atoms with Crippen molar-refractivity contribution in [1.82, 2.24) is 15.1 Å². The van der Waals surface area contributed by atoms with E-state index in [9.17, 15) is 0 Å². The lowest BCUT2D eigenvalue weighted by Crippen LogP contribution is -2.34. The van der Waals surface area contributed by atoms with Gasteiger partial charge in [-0.15, -0.1) is 0 Å². The van der Waals surface area contributed by atoms with E-state index < -0.39 is 0 Å². The minimum Gasteiger partial charge on any atom is -0.317 e. The van der Waals surface area contributed by atoms with E-state index in [-0.39, 0.29) is 0 Å². The van der Waals surface area contributed by atoms with Gasteiger partial charge < -0.3 is 5.32 Å². The monoisotopic (exact) mass is 269 g/mol. The van der Waals surface area contributed by atoms with Gasteiger partial charge in [0.1, 0.15) is 0 Å². The van der Waals surface area contributed by atoms with E-state index in [0.29, 0.717) is 6.04 Å². The standard InChI is InChI=1S/C17H23N3/c1-18-17(8-7-16-9-10-19-20(16)2)15-11-13-5-3-4-6-14(13)12-15/h3-6,9-10,15,17-18H,7-8,11-12H2,1-2H3. The van der Waals surface area contributed by atoms with Crippen LogP contribution in [0, 0.1) is 5.92 Å². The van der Waals surface area contributed by atoms with Crippen molar-refractivity contribution < 1.29 is 0 Å². The summed E-state index contributed by atoms with van der Waals surface area (Å²) in [7, 11) is 4.12. The molecule has 20 heavy (non-hydrogen) atoms. The molecule has 1 N–H and O–H groups in total. The Morgan fingerprint density at radius 1 is 1.25 bits per heavy atom. The van der Waals surface area contributed by atoms with Crippen LogP contribution in [0.3, 0.4) is 0 Å². The molecule has 1 atom stereocenters. The van der Waals surface area contributed by atoms with Crippen molar-refractivity contribution in [1.29, 1.82) is 0 Å². The molecule has 0 bridgehead atoms. The highest BCUT2D eigenvalue weighted by atomic mass is 15.2. The number of nitrogens with one attached hydrogen (secondary N) is 1. The van der Waals surface area contributed by atoms with Crippen LogP contribution < -0.4 is 5.32 Å². The Morgan fingerprint density at radius 2 is 1.95 bits per heavy atom. The van der Waals surface area contributed by atoms with Crippen molar-refractivity contribution in [3.8, 4) is 0 Å². The van der Waals surface area contributed by atoms with Crippen LogP contribution in [0.4, 0.5) is 0 Å². The van der Waals surface area contributed by atoms with Gasteiger partial charge in [-0.05, 0) is 55.8 Å². The van der Waals surface area contributed by atoms with Gasteiger partial charge in [0.25, 0.3) is 0 Å². The number of aryl methyl sites for hydroxylation is 2. The zero-order chi connectivity index (χ0) is 13.9. The molecule has 1 unspecified atom stereocenters. The summed E-state index contributed by atoms with van der Waals surface area (Å²) >= 11 is 0. The van der Waals surface area contributed by atoms with Gasteiger partial charge >= 0.3 is 0 Å². The third kappa shape index (κ3) is 2.63. The second-order valence-corrected chi connectivity index (χ2v) is 5.82. The number of benzene rings is 1. The Hall–Kier alpha value is -1.61. The van der Waals surface area contributed by atoms with Gasteiger partial charge in [0.15, 0.2) is 0 Å². The number of hydrogen-bond donors (Lipinski definition) is 1. The maximum Gasteiger partial charge on any atom is 0.0492 e. The van der Waals surface area contributed by atoms with Crippen LogP contribution in [0.15, 0.2) is 36.5 Å². The normalized spacial score (nSPS) is 16.3. The number of aromatic nitrogens is 2. The maximum atomic E-state index is 4.25. The van der Waals surface area contributed by atoms with Crippen LogP contribution in [0.2, 0.25) is 0 Å². The van der Waals surface area contributed by atoms with Crippen molar-refractivity contribution in [3.63, 3.8) is 0 Å². The van der Waals surface area contributed by atoms with Crippen LogP contribution in [-0.2, 0) is 26.3 Å². The van der Waals surface area contributed by atoms with E-state index in [2.05, 4.69) is 47.8 Å². The van der Waals surface area contributed by atoms with E-state index in [1.165, 1.54) is 25.0 Å². The molecule has 0 spiro atoms. The predicted octanol–water partition coefficient (Wildman–Crippen LogP) is 2.36. The first-order chi connectivity index (χ1) is 9.78. The fourth-order valence-electron chi connectivity index (χ4n) is 3.44. The summed E-state index contributed by atoms with van der Waals surface area (Å²) < 4.78 is 1.98. The first kappa shape index (κ1) is 13.4. The molecule has 3 heteroatoms. The molecule has 0 amide bonds. The van der Waals surface area contributed by atoms with Crippen LogP contribution in [0.5, 0.6) is 0 Å². The lowest BCUT2D eigenvalue weighted by atomic mass is 9.92. The molecule has 3 nitrogen and oxygen atoms in total. The Balaban J connectivity index is 1.62. The highest BCUT2D eigenvalue weighted by Crippen LogP contribution is 2.30. The average molecular weight is 269 g/mol. The van der Waals surface area contributed by atoms with Crippen LogP contribution >= 0.6 is 0 Å². The van der Waals surface area contributed by atoms with Crippen LogP contribution in [0.1, 0.15) is 23.2 Å². The SMILES string of the molecule is CNC(CCc1ccnn1C)C1Cc2ccccc2C1. The van der Waals surface area contributed by atoms with Gasteiger partial charge in [0.05, 0.1) is 0 Å². The molecule has 0 saturated heterocycles. The zero-order valence-electron chi connectivity index (χ0n) is 12.3. The molecule has 1 aromatic heterocycles. The number of nitrogens with zero attached hydrogens (tertiary/aromatic N) is 2. The molecule has 0 aliphatic heterocycles. The van der Waals surface area contributed by atoms with E-state index in [0.717, 1.165) is 12.3 Å². The fraction of sp³-hybridized carbons (Fsp3) is 0.471. The van der Waals surface area contributed by atoms with E-state index in [1.807, 2.05) is 17.9 Å². The summed E-state index contributed by atoms with van der Waals surface area (Å²) in [5, 5.41) is 7.78. The highest BCUT2D eigenvalue weighted by Gasteiger charge is 2.27. The maximum absolute atomic E-state index is 4.25. The van der Waals surface area contributed by atoms with Crippen molar-refractivity contribution >= 4 is 0 Å². The lowest BCUT2D eigenvalue weighted by Gasteiger charge is -2.23. The third-order valence-electron chi connectivity index (χ3n) is 4.66. The van der Waals surface area contributed by atoms with Gasteiger partial charge in [0.2, 0.25) is 0 Å². The fourth-order valence-corrected chi connectivity index (χ4v) is 3.44. The predicted molar refractivity (Wildman–Crippen MR) is 81.7 cm³/mol. The van der Waals surface area contributed by atoms with Crippen LogP contribution in [-0.4, -0.2) is 22.9 Å². The molecular formula is C17H23N3. The first-order valence-electron chi connectivity index (χ1n) is 7.49. The molecule has 1 heterocycles. The zero-order valence-corrected chi connectivity index (χ0v) is 12.3. The number of rotatable bonds is 5. The third-order valence-corrected chi connectivity index (χ3v) is 4.66.